The number of carbonyl (C=O) groups is 1. The van der Waals surface area contributed by atoms with Crippen LogP contribution in [0.2, 0.25) is 5.02 Å². The summed E-state index contributed by atoms with van der Waals surface area (Å²) in [6.07, 6.45) is 3.40. The Labute approximate surface area is 146 Å². The van der Waals surface area contributed by atoms with Gasteiger partial charge in [0.25, 0.3) is 0 Å². The Hall–Kier alpha value is -2.08. The molecule has 3 rings (SSSR count). The van der Waals surface area contributed by atoms with Gasteiger partial charge < -0.3 is 10.1 Å². The van der Waals surface area contributed by atoms with Crippen LogP contribution in [0.1, 0.15) is 50.3 Å². The molecule has 6 nitrogen and oxygen atoms in total. The van der Waals surface area contributed by atoms with Crippen molar-refractivity contribution in [2.75, 3.05) is 0 Å². The van der Waals surface area contributed by atoms with E-state index in [0.717, 1.165) is 31.6 Å². The average molecular weight is 349 g/mol. The lowest BCUT2D eigenvalue weighted by atomic mass is 10.2. The van der Waals surface area contributed by atoms with Gasteiger partial charge in [-0.3, -0.25) is 4.79 Å². The fourth-order valence-corrected chi connectivity index (χ4v) is 2.89. The smallest absolute Gasteiger partial charge is 0.220 e. The molecule has 0 bridgehead atoms. The van der Waals surface area contributed by atoms with Crippen molar-refractivity contribution in [3.05, 3.63) is 40.9 Å². The van der Waals surface area contributed by atoms with Gasteiger partial charge >= 0.3 is 0 Å². The third kappa shape index (κ3) is 4.06. The van der Waals surface area contributed by atoms with Crippen LogP contribution in [0.5, 0.6) is 5.75 Å². The van der Waals surface area contributed by atoms with E-state index < -0.39 is 0 Å². The molecule has 1 fully saturated rings. The monoisotopic (exact) mass is 348 g/mol. The predicted octanol–water partition coefficient (Wildman–Crippen LogP) is 3.26. The minimum Gasteiger partial charge on any atom is -0.485 e. The molecule has 1 aliphatic heterocycles. The number of nitrogens with zero attached hydrogens (tertiary/aromatic N) is 3. The van der Waals surface area contributed by atoms with Gasteiger partial charge in [0, 0.05) is 18.0 Å². The first-order chi connectivity index (χ1) is 11.7. The van der Waals surface area contributed by atoms with Crippen LogP contribution < -0.4 is 10.1 Å². The summed E-state index contributed by atoms with van der Waals surface area (Å²) in [4.78, 5) is 16.1. The molecule has 128 valence electrons. The van der Waals surface area contributed by atoms with Gasteiger partial charge in [-0.1, -0.05) is 31.0 Å². The number of hydrogen-bond donors (Lipinski definition) is 1. The Morgan fingerprint density at radius 3 is 3.04 bits per heavy atom. The van der Waals surface area contributed by atoms with Crippen molar-refractivity contribution in [1.29, 1.82) is 0 Å². The molecule has 7 heteroatoms. The molecule has 1 aromatic heterocycles. The molecule has 1 aliphatic rings. The number of unbranched alkanes of at least 4 members (excludes halogenated alkanes) is 1. The molecular formula is C17H21ClN4O2. The summed E-state index contributed by atoms with van der Waals surface area (Å²) in [5.74, 6) is 2.19. The van der Waals surface area contributed by atoms with E-state index in [4.69, 9.17) is 16.3 Å². The van der Waals surface area contributed by atoms with Gasteiger partial charge in [-0.15, -0.1) is 0 Å². The van der Waals surface area contributed by atoms with E-state index in [1.165, 1.54) is 0 Å². The van der Waals surface area contributed by atoms with Crippen molar-refractivity contribution < 1.29 is 9.53 Å². The molecule has 1 amide bonds. The summed E-state index contributed by atoms with van der Waals surface area (Å²) in [7, 11) is 0. The first kappa shape index (κ1) is 16.8. The van der Waals surface area contributed by atoms with Crippen molar-refractivity contribution >= 4 is 17.5 Å². The Morgan fingerprint density at radius 2 is 2.33 bits per heavy atom. The Bertz CT molecular complexity index is 716. The SMILES string of the molecule is CCCCn1nc(COc2cccc(Cl)c2)nc1C1CCC(=O)N1. The summed E-state index contributed by atoms with van der Waals surface area (Å²) >= 11 is 5.96. The molecule has 1 saturated heterocycles. The second-order valence-corrected chi connectivity index (χ2v) is 6.30. The largest absolute Gasteiger partial charge is 0.485 e. The number of halogens is 1. The quantitative estimate of drug-likeness (QED) is 0.833. The molecule has 0 aliphatic carbocycles. The number of nitrogens with one attached hydrogen (secondary N) is 1. The van der Waals surface area contributed by atoms with Gasteiger partial charge in [0.15, 0.2) is 5.82 Å². The lowest BCUT2D eigenvalue weighted by Crippen LogP contribution is -2.22. The van der Waals surface area contributed by atoms with Gasteiger partial charge in [-0.25, -0.2) is 9.67 Å². The third-order valence-electron chi connectivity index (χ3n) is 3.94. The second kappa shape index (κ2) is 7.66. The van der Waals surface area contributed by atoms with Crippen LogP contribution in [0.15, 0.2) is 24.3 Å². The van der Waals surface area contributed by atoms with Crippen LogP contribution in [0.25, 0.3) is 0 Å². The normalized spacial score (nSPS) is 17.1. The molecule has 1 aromatic carbocycles. The van der Waals surface area contributed by atoms with Crippen molar-refractivity contribution in [2.24, 2.45) is 0 Å². The highest BCUT2D eigenvalue weighted by Gasteiger charge is 2.27. The standard InChI is InChI=1S/C17H21ClN4O2/c1-2-3-9-22-17(14-7-8-16(23)19-14)20-15(21-22)11-24-13-6-4-5-12(18)10-13/h4-6,10,14H,2-3,7-9,11H2,1H3,(H,19,23). The van der Waals surface area contributed by atoms with E-state index in [1.54, 1.807) is 12.1 Å². The maximum absolute atomic E-state index is 11.5. The van der Waals surface area contributed by atoms with E-state index >= 15 is 0 Å². The highest BCUT2D eigenvalue weighted by molar-refractivity contribution is 6.30. The van der Waals surface area contributed by atoms with E-state index in [-0.39, 0.29) is 18.6 Å². The van der Waals surface area contributed by atoms with Crippen LogP contribution in [0.3, 0.4) is 0 Å². The topological polar surface area (TPSA) is 69.0 Å². The summed E-state index contributed by atoms with van der Waals surface area (Å²) < 4.78 is 7.62. The molecule has 1 N–H and O–H groups in total. The number of amides is 1. The first-order valence-electron chi connectivity index (χ1n) is 8.27. The minimum atomic E-state index is -0.0539. The lowest BCUT2D eigenvalue weighted by Gasteiger charge is -2.10. The fraction of sp³-hybridized carbons (Fsp3) is 0.471. The number of ether oxygens (including phenoxy) is 1. The third-order valence-corrected chi connectivity index (χ3v) is 4.17. The first-order valence-corrected chi connectivity index (χ1v) is 8.65. The zero-order valence-electron chi connectivity index (χ0n) is 13.7. The van der Waals surface area contributed by atoms with Gasteiger partial charge in [0.2, 0.25) is 5.91 Å². The highest BCUT2D eigenvalue weighted by Crippen LogP contribution is 2.23. The molecule has 0 spiro atoms. The predicted molar refractivity (Wildman–Crippen MR) is 90.8 cm³/mol. The van der Waals surface area contributed by atoms with Crippen LogP contribution in [0, 0.1) is 0 Å². The lowest BCUT2D eigenvalue weighted by molar-refractivity contribution is -0.119. The number of aryl methyl sites for hydroxylation is 1. The van der Waals surface area contributed by atoms with Gasteiger partial charge in [-0.2, -0.15) is 5.10 Å². The van der Waals surface area contributed by atoms with Crippen molar-refractivity contribution in [3.63, 3.8) is 0 Å². The van der Waals surface area contributed by atoms with Gasteiger partial charge in [0.1, 0.15) is 18.2 Å². The van der Waals surface area contributed by atoms with Crippen LogP contribution in [0.4, 0.5) is 0 Å². The van der Waals surface area contributed by atoms with Gasteiger partial charge in [0.05, 0.1) is 6.04 Å². The molecule has 0 saturated carbocycles. The molecule has 0 radical (unpaired) electrons. The molecule has 1 unspecified atom stereocenters. The fourth-order valence-electron chi connectivity index (χ4n) is 2.71. The second-order valence-electron chi connectivity index (χ2n) is 5.87. The van der Waals surface area contributed by atoms with Crippen LogP contribution in [-0.4, -0.2) is 20.7 Å². The summed E-state index contributed by atoms with van der Waals surface area (Å²) in [6.45, 7) is 3.20. The zero-order chi connectivity index (χ0) is 16.9. The number of rotatable bonds is 7. The van der Waals surface area contributed by atoms with Crippen molar-refractivity contribution in [1.82, 2.24) is 20.1 Å². The maximum atomic E-state index is 11.5. The zero-order valence-corrected chi connectivity index (χ0v) is 14.4. The van der Waals surface area contributed by atoms with Crippen molar-refractivity contribution in [2.45, 2.75) is 51.8 Å². The Balaban J connectivity index is 1.73. The Morgan fingerprint density at radius 1 is 1.46 bits per heavy atom. The number of hydrogen-bond acceptors (Lipinski definition) is 4. The van der Waals surface area contributed by atoms with E-state index in [1.807, 2.05) is 16.8 Å². The van der Waals surface area contributed by atoms with E-state index in [9.17, 15) is 4.79 Å². The number of benzene rings is 1. The molecular weight excluding hydrogens is 328 g/mol. The van der Waals surface area contributed by atoms with E-state index in [0.29, 0.717) is 23.0 Å². The number of carbonyl (C=O) groups excluding carboxylic acids is 1. The van der Waals surface area contributed by atoms with Crippen LogP contribution >= 0.6 is 11.6 Å². The molecule has 2 aromatic rings. The highest BCUT2D eigenvalue weighted by atomic mass is 35.5. The van der Waals surface area contributed by atoms with E-state index in [2.05, 4.69) is 22.3 Å². The summed E-state index contributed by atoms with van der Waals surface area (Å²) in [5.41, 5.74) is 0. The molecule has 2 heterocycles. The molecule has 1 atom stereocenters. The maximum Gasteiger partial charge on any atom is 0.220 e. The summed E-state index contributed by atoms with van der Waals surface area (Å²) in [5, 5.41) is 8.14. The Kier molecular flexibility index (Phi) is 5.35. The minimum absolute atomic E-state index is 0.0539. The molecule has 24 heavy (non-hydrogen) atoms. The number of aromatic nitrogens is 3. The van der Waals surface area contributed by atoms with Crippen LogP contribution in [-0.2, 0) is 17.9 Å². The van der Waals surface area contributed by atoms with Gasteiger partial charge in [-0.05, 0) is 31.0 Å². The summed E-state index contributed by atoms with van der Waals surface area (Å²) in [6, 6.07) is 7.19. The average Bonchev–Trinajstić information content (AvgIpc) is 3.17. The van der Waals surface area contributed by atoms with Crippen molar-refractivity contribution in [3.8, 4) is 5.75 Å².